The second kappa shape index (κ2) is 19.4. The first-order valence-electron chi connectivity index (χ1n) is 15.7. The van der Waals surface area contributed by atoms with Crippen LogP contribution in [0.15, 0.2) is 64.5 Å². The van der Waals surface area contributed by atoms with E-state index in [0.717, 1.165) is 16.7 Å². The maximum atomic E-state index is 13.7. The topological polar surface area (TPSA) is 258 Å². The number of hydrogen-bond donors (Lipinski definition) is 7. The number of amides is 6. The Morgan fingerprint density at radius 2 is 1.52 bits per heavy atom. The van der Waals surface area contributed by atoms with E-state index in [2.05, 4.69) is 26.9 Å². The first kappa shape index (κ1) is 38.8. The van der Waals surface area contributed by atoms with E-state index in [1.54, 1.807) is 42.5 Å². The van der Waals surface area contributed by atoms with Gasteiger partial charge in [-0.05, 0) is 79.7 Å². The maximum Gasteiger partial charge on any atom is 0.294 e. The Morgan fingerprint density at radius 3 is 2.14 bits per heavy atom. The normalized spacial score (nSPS) is 15.0. The molecule has 0 spiro atoms. The highest BCUT2D eigenvalue weighted by Crippen LogP contribution is 2.31. The number of terminal acetylenes is 1. The fraction of sp³-hybridized carbons (Fsp3) is 0.324. The molecule has 15 nitrogen and oxygen atoms in total. The number of aliphatic imine (C=N–C) groups is 1. The lowest BCUT2D eigenvalue weighted by Crippen LogP contribution is -2.54. The van der Waals surface area contributed by atoms with Crippen LogP contribution in [-0.2, 0) is 19.2 Å². The van der Waals surface area contributed by atoms with Crippen molar-refractivity contribution in [3.63, 3.8) is 0 Å². The van der Waals surface area contributed by atoms with Gasteiger partial charge in [0.1, 0.15) is 18.1 Å². The molecular weight excluding hydrogens is 662 g/mol. The molecule has 1 aliphatic rings. The molecule has 11 N–H and O–H groups in total. The predicted molar refractivity (Wildman–Crippen MR) is 190 cm³/mol. The molecule has 50 heavy (non-hydrogen) atoms. The molecule has 1 aliphatic heterocycles. The molecule has 0 saturated carbocycles. The summed E-state index contributed by atoms with van der Waals surface area (Å²) >= 11 is 0.763. The Kier molecular flexibility index (Phi) is 15.0. The number of rotatable bonds is 18. The van der Waals surface area contributed by atoms with Gasteiger partial charge in [0.2, 0.25) is 17.7 Å². The highest BCUT2D eigenvalue weighted by atomic mass is 32.2. The molecule has 0 radical (unpaired) electrons. The number of primary amides is 1. The molecule has 0 bridgehead atoms. The van der Waals surface area contributed by atoms with E-state index in [1.807, 2.05) is 0 Å². The molecule has 0 unspecified atom stereocenters. The van der Waals surface area contributed by atoms with E-state index >= 15 is 0 Å². The molecule has 1 heterocycles. The van der Waals surface area contributed by atoms with Crippen LogP contribution in [0.25, 0.3) is 6.08 Å². The Labute approximate surface area is 294 Å². The molecule has 3 atom stereocenters. The van der Waals surface area contributed by atoms with Crippen molar-refractivity contribution in [1.82, 2.24) is 20.9 Å². The van der Waals surface area contributed by atoms with Crippen LogP contribution in [0.1, 0.15) is 59.6 Å². The van der Waals surface area contributed by atoms with Crippen molar-refractivity contribution in [3.8, 4) is 12.3 Å². The SMILES string of the molecule is C#CCN1C(=O)S/C(=C\c2ccc(C(=O)N[C@@H](CCCN=C(N)N)C(=O)N[C@@H](CCCCN)C(=O)N[C@H](C(N)=O)c3ccccc3)cc2)C1=O. The zero-order chi connectivity index (χ0) is 36.6. The number of nitrogens with one attached hydrogen (secondary N) is 3. The fourth-order valence-corrected chi connectivity index (χ4v) is 5.70. The lowest BCUT2D eigenvalue weighted by atomic mass is 10.0. The zero-order valence-corrected chi connectivity index (χ0v) is 28.1. The van der Waals surface area contributed by atoms with Crippen molar-refractivity contribution >= 4 is 58.6 Å². The van der Waals surface area contributed by atoms with Crippen molar-refractivity contribution < 1.29 is 28.8 Å². The average Bonchev–Trinajstić information content (AvgIpc) is 3.35. The van der Waals surface area contributed by atoms with Crippen LogP contribution in [0.5, 0.6) is 0 Å². The molecule has 1 saturated heterocycles. The second-order valence-electron chi connectivity index (χ2n) is 11.2. The molecule has 0 aliphatic carbocycles. The minimum atomic E-state index is -1.14. The van der Waals surface area contributed by atoms with Crippen LogP contribution in [0.4, 0.5) is 4.79 Å². The van der Waals surface area contributed by atoms with Gasteiger partial charge in [0.15, 0.2) is 5.96 Å². The van der Waals surface area contributed by atoms with Gasteiger partial charge in [-0.3, -0.25) is 38.7 Å². The summed E-state index contributed by atoms with van der Waals surface area (Å²) in [6, 6.07) is 11.3. The van der Waals surface area contributed by atoms with Crippen molar-refractivity contribution in [3.05, 3.63) is 76.2 Å². The Hall–Kier alpha value is -5.66. The van der Waals surface area contributed by atoms with E-state index in [4.69, 9.17) is 29.4 Å². The van der Waals surface area contributed by atoms with Gasteiger partial charge in [-0.15, -0.1) is 6.42 Å². The van der Waals surface area contributed by atoms with Gasteiger partial charge in [0.25, 0.3) is 17.1 Å². The minimum Gasteiger partial charge on any atom is -0.370 e. The molecule has 2 aromatic carbocycles. The summed E-state index contributed by atoms with van der Waals surface area (Å²) in [5, 5.41) is 7.59. The summed E-state index contributed by atoms with van der Waals surface area (Å²) in [7, 11) is 0. The van der Waals surface area contributed by atoms with Gasteiger partial charge in [-0.25, -0.2) is 0 Å². The van der Waals surface area contributed by atoms with Crippen molar-refractivity contribution in [2.24, 2.45) is 27.9 Å². The van der Waals surface area contributed by atoms with Crippen LogP contribution < -0.4 is 38.9 Å². The van der Waals surface area contributed by atoms with E-state index in [0.29, 0.717) is 36.9 Å². The zero-order valence-electron chi connectivity index (χ0n) is 27.3. The van der Waals surface area contributed by atoms with Gasteiger partial charge < -0.3 is 38.9 Å². The Balaban J connectivity index is 1.77. The molecular formula is C34H41N9O6S. The third-order valence-corrected chi connectivity index (χ3v) is 8.35. The lowest BCUT2D eigenvalue weighted by Gasteiger charge is -2.25. The summed E-state index contributed by atoms with van der Waals surface area (Å²) in [6.07, 6.45) is 8.46. The summed E-state index contributed by atoms with van der Waals surface area (Å²) in [6.45, 7) is 0.413. The molecule has 6 amide bonds. The van der Waals surface area contributed by atoms with Gasteiger partial charge in [0.05, 0.1) is 11.4 Å². The number of carbonyl (C=O) groups excluding carboxylic acids is 6. The van der Waals surface area contributed by atoms with Crippen molar-refractivity contribution in [2.45, 2.75) is 50.2 Å². The molecule has 0 aromatic heterocycles. The van der Waals surface area contributed by atoms with Gasteiger partial charge in [0, 0.05) is 12.1 Å². The standard InChI is InChI=1S/C34H41N9O6S/c1-2-19-43-32(48)26(50-34(43)49)20-21-13-15-23(16-14-21)29(45)40-25(12-8-18-39-33(37)38)30(46)41-24(11-6-7-17-35)31(47)42-27(28(36)44)22-9-4-3-5-10-22/h1,3-5,9-10,13-16,20,24-25,27H,6-8,11-12,17-19,35H2,(H2,36,44)(H,40,45)(H,41,46)(H,42,47)(H4,37,38,39)/b26-20-/t24-,25-,27-/m0/s1. The maximum absolute atomic E-state index is 13.7. The number of guanidine groups is 1. The highest BCUT2D eigenvalue weighted by Gasteiger charge is 2.34. The molecule has 2 aromatic rings. The van der Waals surface area contributed by atoms with E-state index in [1.165, 1.54) is 18.2 Å². The smallest absolute Gasteiger partial charge is 0.294 e. The number of hydrogen-bond acceptors (Lipinski definition) is 9. The van der Waals surface area contributed by atoms with Crippen LogP contribution in [0, 0.1) is 12.3 Å². The van der Waals surface area contributed by atoms with Gasteiger partial charge >= 0.3 is 0 Å². The second-order valence-corrected chi connectivity index (χ2v) is 12.2. The summed E-state index contributed by atoms with van der Waals surface area (Å²) < 4.78 is 0. The summed E-state index contributed by atoms with van der Waals surface area (Å²) in [5.41, 5.74) is 23.3. The monoisotopic (exact) mass is 703 g/mol. The lowest BCUT2D eigenvalue weighted by molar-refractivity contribution is -0.132. The van der Waals surface area contributed by atoms with Crippen molar-refractivity contribution in [1.29, 1.82) is 0 Å². The van der Waals surface area contributed by atoms with Gasteiger partial charge in [-0.1, -0.05) is 48.4 Å². The first-order chi connectivity index (χ1) is 23.9. The van der Waals surface area contributed by atoms with E-state index < -0.39 is 52.9 Å². The fourth-order valence-electron chi connectivity index (χ4n) is 4.86. The van der Waals surface area contributed by atoms with Crippen LogP contribution >= 0.6 is 11.8 Å². The number of unbranched alkanes of at least 4 members (excludes halogenated alkanes) is 1. The van der Waals surface area contributed by atoms with E-state index in [-0.39, 0.29) is 42.4 Å². The quantitative estimate of drug-likeness (QED) is 0.0371. The number of imide groups is 1. The largest absolute Gasteiger partial charge is 0.370 e. The van der Waals surface area contributed by atoms with Crippen molar-refractivity contribution in [2.75, 3.05) is 19.6 Å². The molecule has 264 valence electrons. The highest BCUT2D eigenvalue weighted by molar-refractivity contribution is 8.18. The van der Waals surface area contributed by atoms with Gasteiger partial charge in [-0.2, -0.15) is 0 Å². The molecule has 1 fully saturated rings. The predicted octanol–water partition coefficient (Wildman–Crippen LogP) is 0.465. The third-order valence-electron chi connectivity index (χ3n) is 7.44. The Bertz CT molecular complexity index is 1650. The minimum absolute atomic E-state index is 0.116. The number of benzene rings is 2. The first-order valence-corrected chi connectivity index (χ1v) is 16.6. The van der Waals surface area contributed by atoms with Crippen LogP contribution in [0.3, 0.4) is 0 Å². The summed E-state index contributed by atoms with van der Waals surface area (Å²) in [5.74, 6) is -1.01. The van der Waals surface area contributed by atoms with Crippen LogP contribution in [-0.4, -0.2) is 77.4 Å². The number of nitrogens with two attached hydrogens (primary N) is 4. The number of nitrogens with zero attached hydrogens (tertiary/aromatic N) is 2. The summed E-state index contributed by atoms with van der Waals surface area (Å²) in [4.78, 5) is 82.4. The Morgan fingerprint density at radius 1 is 0.880 bits per heavy atom. The molecule has 16 heteroatoms. The number of thioether (sulfide) groups is 1. The molecule has 3 rings (SSSR count). The third kappa shape index (κ3) is 11.5. The average molecular weight is 704 g/mol. The van der Waals surface area contributed by atoms with Crippen LogP contribution in [0.2, 0.25) is 0 Å². The van der Waals surface area contributed by atoms with E-state index in [9.17, 15) is 28.8 Å². The number of carbonyl (C=O) groups is 6.